The predicted octanol–water partition coefficient (Wildman–Crippen LogP) is 6.94. The van der Waals surface area contributed by atoms with Crippen LogP contribution in [-0.4, -0.2) is 45.6 Å². The summed E-state index contributed by atoms with van der Waals surface area (Å²) in [5.41, 5.74) is 1.67. The molecule has 0 amide bonds. The Labute approximate surface area is 484 Å². The van der Waals surface area contributed by atoms with E-state index in [9.17, 15) is 24.7 Å². The van der Waals surface area contributed by atoms with Crippen molar-refractivity contribution in [3.63, 3.8) is 0 Å². The monoisotopic (exact) mass is 1240 g/mol. The first-order valence-electron chi connectivity index (χ1n) is 16.6. The van der Waals surface area contributed by atoms with Crippen LogP contribution in [0.15, 0.2) is 84.5 Å². The summed E-state index contributed by atoms with van der Waals surface area (Å²) in [4.78, 5) is 12.1. The fraction of sp³-hybridized carbons (Fsp3) is 0.553. The largest absolute Gasteiger partial charge is 0.393 e. The molecule has 0 aliphatic heterocycles. The van der Waals surface area contributed by atoms with Crippen molar-refractivity contribution in [3.8, 4) is 0 Å². The van der Waals surface area contributed by atoms with Crippen LogP contribution >= 0.6 is 7.14 Å². The molecule has 51 heavy (non-hydrogen) atoms. The second-order valence-electron chi connectivity index (χ2n) is 13.8. The zero-order valence-electron chi connectivity index (χ0n) is 30.9. The van der Waals surface area contributed by atoms with Gasteiger partial charge in [0, 0.05) is 258 Å². The predicted molar refractivity (Wildman–Crippen MR) is 181 cm³/mol. The summed E-state index contributed by atoms with van der Waals surface area (Å²) in [7, 11) is -2.81. The van der Waals surface area contributed by atoms with Crippen LogP contribution in [0, 0.1) is 23.2 Å². The number of Topliss-reactive ketones (excluding diaryl/α,β-unsaturated/α-hetero) is 1. The number of rotatable bonds is 9. The summed E-state index contributed by atoms with van der Waals surface area (Å²) >= 11 is 0. The molecule has 0 bridgehead atoms. The molecular formula is C38H53O5PY7. The van der Waals surface area contributed by atoms with Crippen LogP contribution in [0.1, 0.15) is 85.0 Å². The number of ketones is 1. The summed E-state index contributed by atoms with van der Waals surface area (Å²) in [6.07, 6.45) is 10.3. The van der Waals surface area contributed by atoms with Crippen molar-refractivity contribution in [1.82, 2.24) is 0 Å². The smallest absolute Gasteiger partial charge is 0.146 e. The number of carbonyl (C=O) groups excluding carboxylic acids is 1. The van der Waals surface area contributed by atoms with Gasteiger partial charge in [-0.25, -0.2) is 0 Å². The van der Waals surface area contributed by atoms with Crippen molar-refractivity contribution in [2.24, 2.45) is 23.2 Å². The van der Waals surface area contributed by atoms with E-state index < -0.39 is 19.3 Å². The van der Waals surface area contributed by atoms with Gasteiger partial charge in [0.05, 0.1) is 18.3 Å². The van der Waals surface area contributed by atoms with Crippen molar-refractivity contribution >= 4 is 23.5 Å². The maximum Gasteiger partial charge on any atom is 0.146 e. The van der Waals surface area contributed by atoms with Gasteiger partial charge in [0.1, 0.15) is 12.9 Å². The molecule has 3 aliphatic carbocycles. The molecule has 3 fully saturated rings. The van der Waals surface area contributed by atoms with Crippen LogP contribution in [0.4, 0.5) is 0 Å². The molecule has 0 aromatic heterocycles. The number of aliphatic hydroxyl groups excluding tert-OH is 3. The Hall–Kier alpha value is 5.43. The van der Waals surface area contributed by atoms with E-state index in [4.69, 9.17) is 0 Å². The molecule has 3 aliphatic rings. The van der Waals surface area contributed by atoms with E-state index in [0.717, 1.165) is 54.2 Å². The Balaban J connectivity index is -0.000000391. The van der Waals surface area contributed by atoms with Gasteiger partial charge in [-0.2, -0.15) is 0 Å². The van der Waals surface area contributed by atoms with Gasteiger partial charge in [0.15, 0.2) is 0 Å². The molecule has 2 aromatic carbocycles. The zero-order valence-corrected chi connectivity index (χ0v) is 51.7. The van der Waals surface area contributed by atoms with Crippen LogP contribution in [0.25, 0.3) is 0 Å². The fourth-order valence-electron chi connectivity index (χ4n) is 8.03. The molecule has 7 atom stereocenters. The fourth-order valence-corrected chi connectivity index (χ4v) is 10.6. The third-order valence-corrected chi connectivity index (χ3v) is 13.6. The second-order valence-corrected chi connectivity index (χ2v) is 16.7. The Morgan fingerprint density at radius 3 is 1.80 bits per heavy atom. The number of hydrogen-bond donors (Lipinski definition) is 3. The normalized spacial score (nSPS) is 24.5. The summed E-state index contributed by atoms with van der Waals surface area (Å²) in [5, 5.41) is 31.0. The van der Waals surface area contributed by atoms with E-state index in [2.05, 4.69) is 20.4 Å². The molecule has 5 rings (SSSR count). The molecule has 13 heteroatoms. The number of fused-ring (bicyclic) bond motifs is 1. The maximum absolute atomic E-state index is 13.9. The maximum atomic E-state index is 13.9. The average molecular weight is 1240 g/mol. The quantitative estimate of drug-likeness (QED) is 0.187. The molecule has 0 spiro atoms. The van der Waals surface area contributed by atoms with E-state index in [1.165, 1.54) is 19.3 Å². The number of benzene rings is 2. The Morgan fingerprint density at radius 1 is 0.843 bits per heavy atom. The summed E-state index contributed by atoms with van der Waals surface area (Å²) in [5.74, 6) is 2.30. The number of allylic oxidation sites excluding steroid dienone is 1. The van der Waals surface area contributed by atoms with Crippen molar-refractivity contribution in [1.29, 1.82) is 0 Å². The van der Waals surface area contributed by atoms with E-state index in [1.54, 1.807) is 0 Å². The van der Waals surface area contributed by atoms with Crippen molar-refractivity contribution in [2.75, 3.05) is 6.16 Å². The third kappa shape index (κ3) is 18.1. The van der Waals surface area contributed by atoms with Gasteiger partial charge in [0.2, 0.25) is 0 Å². The van der Waals surface area contributed by atoms with Gasteiger partial charge >= 0.3 is 0 Å². The third-order valence-electron chi connectivity index (χ3n) is 10.7. The molecule has 1 unspecified atom stereocenters. The van der Waals surface area contributed by atoms with Gasteiger partial charge in [-0.05, 0) is 74.7 Å². The van der Waals surface area contributed by atoms with Gasteiger partial charge in [-0.15, -0.1) is 0 Å². The van der Waals surface area contributed by atoms with Crippen molar-refractivity contribution < 1.29 is 254 Å². The Bertz CT molecular complexity index is 1290. The van der Waals surface area contributed by atoms with Crippen LogP contribution < -0.4 is 10.6 Å². The van der Waals surface area contributed by atoms with Crippen molar-refractivity contribution in [2.45, 2.75) is 103 Å². The standard InChI is InChI=1S/C21H23O3P.C17H30O2.7Y/c1-16-20(22)14-17(15-21(16)23)12-13-25(24,18-8-4-2-5-9-18)19-10-6-3-7-11-19;1-12(6-4-7-13(2)18)14-9-10-15-16(19)8-5-11-17(14,15)3;;;;;;;/h2-12,20-23H,1,13-15H2;12-15,18H,4-11H2,1-3H3;;;;;;;/t20-,21-;12-,13-,14?,15+,17-;;;;;;;/m11......./s1. The topological polar surface area (TPSA) is 94.8 Å². The molecule has 3 saturated carbocycles. The van der Waals surface area contributed by atoms with E-state index in [0.29, 0.717) is 42.2 Å². The summed E-state index contributed by atoms with van der Waals surface area (Å²) < 4.78 is 13.9. The van der Waals surface area contributed by atoms with Gasteiger partial charge in [-0.1, -0.05) is 106 Å². The van der Waals surface area contributed by atoms with Crippen LogP contribution in [0.5, 0.6) is 0 Å². The minimum absolute atomic E-state index is 0. The first-order valence-corrected chi connectivity index (χ1v) is 18.5. The molecule has 2 aromatic rings. The van der Waals surface area contributed by atoms with Crippen LogP contribution in [0.3, 0.4) is 0 Å². The first kappa shape index (κ1) is 63.1. The molecule has 5 nitrogen and oxygen atoms in total. The molecule has 0 saturated heterocycles. The summed E-state index contributed by atoms with van der Waals surface area (Å²) in [6, 6.07) is 19.0. The van der Waals surface area contributed by atoms with E-state index in [1.807, 2.05) is 73.7 Å². The minimum atomic E-state index is -2.81. The number of aliphatic hydroxyl groups is 3. The number of carbonyl (C=O) groups is 1. The van der Waals surface area contributed by atoms with Gasteiger partial charge in [0.25, 0.3) is 0 Å². The first-order chi connectivity index (χ1) is 21.0. The van der Waals surface area contributed by atoms with Gasteiger partial charge < -0.3 is 19.9 Å². The van der Waals surface area contributed by atoms with Gasteiger partial charge in [-0.3, -0.25) is 4.79 Å². The Kier molecular flexibility index (Phi) is 38.7. The van der Waals surface area contributed by atoms with E-state index >= 15 is 0 Å². The SMILES string of the molecule is C=C1[C@H](O)CC(=CCP(=O)(c2ccccc2)c2ccccc2)C[C@H]1O.C[C@H](CCC[C@@H](C)O)C1CC[C@H]2C(=O)CCC[C@]12C.[Y].[Y].[Y].[Y].[Y].[Y].[Y]. The van der Waals surface area contributed by atoms with Crippen molar-refractivity contribution in [3.05, 3.63) is 84.5 Å². The minimum Gasteiger partial charge on any atom is -0.393 e. The molecule has 7 radical (unpaired) electrons. The average Bonchev–Trinajstić information content (AvgIpc) is 3.38. The molecule has 3 N–H and O–H groups in total. The second kappa shape index (κ2) is 31.3. The Morgan fingerprint density at radius 2 is 1.33 bits per heavy atom. The molecule has 261 valence electrons. The summed E-state index contributed by atoms with van der Waals surface area (Å²) in [6.45, 7) is 10.3. The van der Waals surface area contributed by atoms with E-state index in [-0.39, 0.29) is 240 Å². The van der Waals surface area contributed by atoms with Crippen LogP contribution in [-0.2, 0) is 238 Å². The number of hydrogen-bond acceptors (Lipinski definition) is 5. The zero-order chi connectivity index (χ0) is 31.9. The molecule has 0 heterocycles. The van der Waals surface area contributed by atoms with Crippen LogP contribution in [0.2, 0.25) is 0 Å². The molecular weight excluding hydrogens is 1190 g/mol.